The van der Waals surface area contributed by atoms with Crippen molar-refractivity contribution < 1.29 is 22.3 Å². The summed E-state index contributed by atoms with van der Waals surface area (Å²) >= 11 is 1.18. The van der Waals surface area contributed by atoms with Gasteiger partial charge in [-0.2, -0.15) is 8.78 Å². The van der Waals surface area contributed by atoms with E-state index in [0.29, 0.717) is 0 Å². The molecule has 6 heteroatoms. The summed E-state index contributed by atoms with van der Waals surface area (Å²) in [5.41, 5.74) is 0. The quantitative estimate of drug-likeness (QED) is 0.325. The summed E-state index contributed by atoms with van der Waals surface area (Å²) in [5.74, 6) is -7.06. The average Bonchev–Trinajstić information content (AvgIpc) is 2.40. The van der Waals surface area contributed by atoms with E-state index in [1.807, 2.05) is 0 Å². The zero-order chi connectivity index (χ0) is 13.3. The fourth-order valence-electron chi connectivity index (χ4n) is 1.28. The van der Waals surface area contributed by atoms with E-state index < -0.39 is 32.6 Å². The van der Waals surface area contributed by atoms with Gasteiger partial charge >= 0.3 is 0 Å². The second-order valence-electron chi connectivity index (χ2n) is 3.31. The summed E-state index contributed by atoms with van der Waals surface area (Å²) in [6.45, 7) is 0. The van der Waals surface area contributed by atoms with E-state index in [9.17, 15) is 17.6 Å². The Morgan fingerprint density at radius 3 is 1.78 bits per heavy atom. The van der Waals surface area contributed by atoms with Crippen LogP contribution in [0.3, 0.4) is 0 Å². The molecule has 0 N–H and O–H groups in total. The van der Waals surface area contributed by atoms with Gasteiger partial charge < -0.3 is 4.74 Å². The molecule has 18 heavy (non-hydrogen) atoms. The van der Waals surface area contributed by atoms with E-state index in [2.05, 4.69) is 0 Å². The van der Waals surface area contributed by atoms with Gasteiger partial charge in [0.05, 0.1) is 3.57 Å². The maximum Gasteiger partial charge on any atom is 0.205 e. The van der Waals surface area contributed by atoms with Crippen LogP contribution in [0.2, 0.25) is 0 Å². The Hall–Kier alpha value is -1.31. The number of benzene rings is 2. The number of rotatable bonds is 2. The van der Waals surface area contributed by atoms with E-state index in [1.165, 1.54) is 34.7 Å². The van der Waals surface area contributed by atoms with E-state index in [4.69, 9.17) is 4.74 Å². The molecule has 2 rings (SSSR count). The Bertz CT molecular complexity index is 557. The molecule has 0 saturated carbocycles. The maximum absolute atomic E-state index is 13.5. The molecule has 0 spiro atoms. The molecule has 0 heterocycles. The van der Waals surface area contributed by atoms with E-state index in [1.54, 1.807) is 18.2 Å². The molecule has 0 unspecified atom stereocenters. The van der Waals surface area contributed by atoms with Gasteiger partial charge in [0.15, 0.2) is 11.6 Å². The Morgan fingerprint density at radius 2 is 1.28 bits per heavy atom. The van der Waals surface area contributed by atoms with Crippen molar-refractivity contribution in [2.24, 2.45) is 0 Å². The first-order chi connectivity index (χ1) is 8.52. The molecular formula is C12H5F4IO. The Morgan fingerprint density at radius 1 is 0.778 bits per heavy atom. The molecule has 0 amide bonds. The molecule has 1 nitrogen and oxygen atoms in total. The van der Waals surface area contributed by atoms with Gasteiger partial charge in [-0.1, -0.05) is 18.2 Å². The molecular weight excluding hydrogens is 363 g/mol. The number of para-hydroxylation sites is 1. The first kappa shape index (κ1) is 13.1. The fraction of sp³-hybridized carbons (Fsp3) is 0. The SMILES string of the molecule is Fc1c(F)c(Oc2ccccc2)c(F)c(F)c1I. The molecule has 0 atom stereocenters. The Balaban J connectivity index is 2.52. The first-order valence-electron chi connectivity index (χ1n) is 4.76. The largest absolute Gasteiger partial charge is 0.451 e. The summed E-state index contributed by atoms with van der Waals surface area (Å²) < 4.78 is 57.6. The highest BCUT2D eigenvalue weighted by atomic mass is 127. The number of ether oxygens (including phenoxy) is 1. The highest BCUT2D eigenvalue weighted by molar-refractivity contribution is 14.1. The van der Waals surface area contributed by atoms with Gasteiger partial charge in [0.25, 0.3) is 0 Å². The molecule has 0 radical (unpaired) electrons. The van der Waals surface area contributed by atoms with Gasteiger partial charge in [-0.05, 0) is 34.7 Å². The first-order valence-corrected chi connectivity index (χ1v) is 5.84. The maximum atomic E-state index is 13.5. The fourth-order valence-corrected chi connectivity index (χ4v) is 1.75. The van der Waals surface area contributed by atoms with Crippen LogP contribution < -0.4 is 4.74 Å². The van der Waals surface area contributed by atoms with Crippen molar-refractivity contribution in [3.63, 3.8) is 0 Å². The smallest absolute Gasteiger partial charge is 0.205 e. The van der Waals surface area contributed by atoms with Crippen LogP contribution in [-0.4, -0.2) is 0 Å². The monoisotopic (exact) mass is 368 g/mol. The van der Waals surface area contributed by atoms with Gasteiger partial charge in [-0.25, -0.2) is 8.78 Å². The van der Waals surface area contributed by atoms with E-state index >= 15 is 0 Å². The number of halogens is 5. The van der Waals surface area contributed by atoms with Crippen LogP contribution in [0, 0.1) is 26.8 Å². The standard InChI is InChI=1S/C12H5F4IO/c13-7-9(15)12(10(16)8(14)11(7)17)18-6-4-2-1-3-5-6/h1-5H. The predicted molar refractivity (Wildman–Crippen MR) is 65.5 cm³/mol. The molecule has 0 saturated heterocycles. The molecule has 0 aliphatic rings. The third-order valence-corrected chi connectivity index (χ3v) is 3.08. The molecule has 0 fully saturated rings. The summed E-state index contributed by atoms with van der Waals surface area (Å²) in [4.78, 5) is 0. The highest BCUT2D eigenvalue weighted by Gasteiger charge is 2.25. The molecule has 0 aromatic heterocycles. The van der Waals surface area contributed by atoms with Crippen molar-refractivity contribution in [1.29, 1.82) is 0 Å². The van der Waals surface area contributed by atoms with Crippen molar-refractivity contribution in [2.45, 2.75) is 0 Å². The Kier molecular flexibility index (Phi) is 3.74. The van der Waals surface area contributed by atoms with Crippen LogP contribution in [0.1, 0.15) is 0 Å². The third-order valence-electron chi connectivity index (χ3n) is 2.13. The zero-order valence-electron chi connectivity index (χ0n) is 8.68. The van der Waals surface area contributed by atoms with Gasteiger partial charge in [-0.15, -0.1) is 0 Å². The topological polar surface area (TPSA) is 9.23 Å². The summed E-state index contributed by atoms with van der Waals surface area (Å²) in [6.07, 6.45) is 0. The van der Waals surface area contributed by atoms with Crippen LogP contribution in [0.25, 0.3) is 0 Å². The third kappa shape index (κ3) is 2.29. The van der Waals surface area contributed by atoms with Crippen molar-refractivity contribution >= 4 is 22.6 Å². The lowest BCUT2D eigenvalue weighted by Gasteiger charge is -2.10. The van der Waals surface area contributed by atoms with Crippen molar-refractivity contribution in [1.82, 2.24) is 0 Å². The van der Waals surface area contributed by atoms with Gasteiger partial charge in [0, 0.05) is 0 Å². The van der Waals surface area contributed by atoms with Crippen LogP contribution in [0.4, 0.5) is 17.6 Å². The van der Waals surface area contributed by atoms with Crippen LogP contribution in [0.5, 0.6) is 11.5 Å². The molecule has 94 valence electrons. The lowest BCUT2D eigenvalue weighted by Crippen LogP contribution is -2.03. The molecule has 2 aromatic rings. The normalized spacial score (nSPS) is 10.5. The van der Waals surface area contributed by atoms with Crippen LogP contribution in [-0.2, 0) is 0 Å². The lowest BCUT2D eigenvalue weighted by atomic mass is 10.3. The second kappa shape index (κ2) is 5.13. The Labute approximate surface area is 114 Å². The predicted octanol–water partition coefficient (Wildman–Crippen LogP) is 4.64. The molecule has 0 aliphatic carbocycles. The van der Waals surface area contributed by atoms with Gasteiger partial charge in [0.2, 0.25) is 17.4 Å². The summed E-state index contributed by atoms with van der Waals surface area (Å²) in [6, 6.07) is 7.60. The lowest BCUT2D eigenvalue weighted by molar-refractivity contribution is 0.362. The molecule has 2 aromatic carbocycles. The second-order valence-corrected chi connectivity index (χ2v) is 4.39. The minimum absolute atomic E-state index is 0.0790. The van der Waals surface area contributed by atoms with E-state index in [-0.39, 0.29) is 5.75 Å². The highest BCUT2D eigenvalue weighted by Crippen LogP contribution is 2.33. The van der Waals surface area contributed by atoms with Crippen LogP contribution >= 0.6 is 22.6 Å². The molecule has 0 bridgehead atoms. The van der Waals surface area contributed by atoms with Crippen molar-refractivity contribution in [2.75, 3.05) is 0 Å². The van der Waals surface area contributed by atoms with Crippen molar-refractivity contribution in [3.8, 4) is 11.5 Å². The van der Waals surface area contributed by atoms with E-state index in [0.717, 1.165) is 0 Å². The number of hydrogen-bond donors (Lipinski definition) is 0. The van der Waals surface area contributed by atoms with Crippen molar-refractivity contribution in [3.05, 3.63) is 57.2 Å². The minimum Gasteiger partial charge on any atom is -0.451 e. The number of hydrogen-bond acceptors (Lipinski definition) is 1. The zero-order valence-corrected chi connectivity index (χ0v) is 10.8. The van der Waals surface area contributed by atoms with Gasteiger partial charge in [0.1, 0.15) is 5.75 Å². The molecule has 0 aliphatic heterocycles. The average molecular weight is 368 g/mol. The summed E-state index contributed by atoms with van der Waals surface area (Å²) in [5, 5.41) is 0. The summed E-state index contributed by atoms with van der Waals surface area (Å²) in [7, 11) is 0. The minimum atomic E-state index is -1.55. The van der Waals surface area contributed by atoms with Gasteiger partial charge in [-0.3, -0.25) is 0 Å². The van der Waals surface area contributed by atoms with Crippen LogP contribution in [0.15, 0.2) is 30.3 Å².